The van der Waals surface area contributed by atoms with Crippen molar-refractivity contribution in [2.24, 2.45) is 0 Å². The third kappa shape index (κ3) is 7.22. The van der Waals surface area contributed by atoms with Crippen molar-refractivity contribution in [1.82, 2.24) is 10.3 Å². The minimum atomic E-state index is -0.902. The molecule has 1 amide bonds. The average Bonchev–Trinajstić information content (AvgIpc) is 3.60. The third-order valence-corrected chi connectivity index (χ3v) is 7.57. The number of cyclic esters (lactones) is 1. The summed E-state index contributed by atoms with van der Waals surface area (Å²) in [4.78, 5) is 42.2. The van der Waals surface area contributed by atoms with Crippen LogP contribution >= 0.6 is 0 Å². The highest BCUT2D eigenvalue weighted by atomic mass is 16.6. The molecule has 4 rings (SSSR count). The van der Waals surface area contributed by atoms with Crippen molar-refractivity contribution >= 4 is 17.8 Å². The highest BCUT2D eigenvalue weighted by molar-refractivity contribution is 5.98. The quantitative estimate of drug-likeness (QED) is 0.497. The summed E-state index contributed by atoms with van der Waals surface area (Å²) in [5.41, 5.74) is -0.148. The molecular weight excluding hydrogens is 492 g/mol. The molecule has 2 saturated carbocycles. The number of amides is 1. The Labute approximate surface area is 224 Å². The second-order valence-corrected chi connectivity index (χ2v) is 10.5. The summed E-state index contributed by atoms with van der Waals surface area (Å²) in [5, 5.41) is 2.74. The first-order valence-electron chi connectivity index (χ1n) is 13.9. The molecule has 38 heavy (non-hydrogen) atoms. The van der Waals surface area contributed by atoms with Crippen LogP contribution in [0.2, 0.25) is 0 Å². The van der Waals surface area contributed by atoms with E-state index in [2.05, 4.69) is 10.3 Å². The Morgan fingerprint density at radius 2 is 1.63 bits per heavy atom. The van der Waals surface area contributed by atoms with Crippen LogP contribution in [0.1, 0.15) is 95.0 Å². The fourth-order valence-electron chi connectivity index (χ4n) is 5.66. The van der Waals surface area contributed by atoms with Crippen molar-refractivity contribution in [2.45, 2.75) is 121 Å². The first-order valence-corrected chi connectivity index (χ1v) is 13.9. The summed E-state index contributed by atoms with van der Waals surface area (Å²) in [6.45, 7) is 3.06. The van der Waals surface area contributed by atoms with Crippen LogP contribution in [0, 0.1) is 0 Å². The van der Waals surface area contributed by atoms with E-state index in [1.54, 1.807) is 0 Å². The van der Waals surface area contributed by atoms with Crippen molar-refractivity contribution in [3.63, 3.8) is 0 Å². The molecule has 10 nitrogen and oxygen atoms in total. The summed E-state index contributed by atoms with van der Waals surface area (Å²) < 4.78 is 29.4. The summed E-state index contributed by atoms with van der Waals surface area (Å²) in [7, 11) is 1.40. The number of nitrogens with one attached hydrogen (secondary N) is 1. The number of rotatable bonds is 8. The molecule has 0 aromatic carbocycles. The summed E-state index contributed by atoms with van der Waals surface area (Å²) >= 11 is 0. The van der Waals surface area contributed by atoms with Crippen LogP contribution in [0.4, 0.5) is 0 Å². The molecule has 10 heteroatoms. The van der Waals surface area contributed by atoms with Crippen LogP contribution in [-0.2, 0) is 23.8 Å². The molecular formula is C28H40N2O8. The number of pyridine rings is 1. The number of esters is 2. The van der Waals surface area contributed by atoms with Gasteiger partial charge >= 0.3 is 11.9 Å². The summed E-state index contributed by atoms with van der Waals surface area (Å²) in [6.07, 6.45) is 11.0. The molecule has 1 aromatic rings. The minimum absolute atomic E-state index is 0.0974. The van der Waals surface area contributed by atoms with E-state index in [0.717, 1.165) is 51.4 Å². The highest BCUT2D eigenvalue weighted by Gasteiger charge is 2.39. The topological polar surface area (TPSA) is 122 Å². The van der Waals surface area contributed by atoms with Gasteiger partial charge in [0, 0.05) is 19.2 Å². The van der Waals surface area contributed by atoms with Crippen molar-refractivity contribution in [3.05, 3.63) is 18.0 Å². The third-order valence-electron chi connectivity index (χ3n) is 7.57. The zero-order chi connectivity index (χ0) is 27.1. The monoisotopic (exact) mass is 532 g/mol. The highest BCUT2D eigenvalue weighted by Crippen LogP contribution is 2.32. The first-order chi connectivity index (χ1) is 18.4. The van der Waals surface area contributed by atoms with Gasteiger partial charge in [-0.15, -0.1) is 0 Å². The van der Waals surface area contributed by atoms with Gasteiger partial charge in [-0.1, -0.05) is 25.7 Å². The number of nitrogens with zero attached hydrogens (tertiary/aromatic N) is 1. The molecule has 2 heterocycles. The zero-order valence-corrected chi connectivity index (χ0v) is 22.6. The Kier molecular flexibility index (Phi) is 9.96. The predicted molar refractivity (Wildman–Crippen MR) is 137 cm³/mol. The smallest absolute Gasteiger partial charge is 0.329 e. The molecule has 0 radical (unpaired) electrons. The maximum atomic E-state index is 13.3. The van der Waals surface area contributed by atoms with Crippen molar-refractivity contribution < 1.29 is 38.1 Å². The van der Waals surface area contributed by atoms with E-state index in [1.807, 2.05) is 6.92 Å². The van der Waals surface area contributed by atoms with E-state index in [1.165, 1.54) is 26.3 Å². The Bertz CT molecular complexity index is 974. The number of aromatic nitrogens is 1. The molecule has 1 aliphatic heterocycles. The summed E-state index contributed by atoms with van der Waals surface area (Å²) in [6, 6.07) is 0.584. The molecule has 210 valence electrons. The molecule has 0 bridgehead atoms. The fraction of sp³-hybridized carbons (Fsp3) is 0.714. The Hall–Kier alpha value is -2.72. The van der Waals surface area contributed by atoms with Crippen LogP contribution < -0.4 is 14.8 Å². The molecule has 4 atom stereocenters. The van der Waals surface area contributed by atoms with Crippen LogP contribution in [0.25, 0.3) is 0 Å². The normalized spacial score (nSPS) is 27.2. The van der Waals surface area contributed by atoms with E-state index in [4.69, 9.17) is 23.7 Å². The van der Waals surface area contributed by atoms with Crippen molar-refractivity contribution in [2.75, 3.05) is 7.11 Å². The Morgan fingerprint density at radius 3 is 2.26 bits per heavy atom. The van der Waals surface area contributed by atoms with Gasteiger partial charge in [-0.2, -0.15) is 0 Å². The van der Waals surface area contributed by atoms with Crippen molar-refractivity contribution in [1.29, 1.82) is 0 Å². The van der Waals surface area contributed by atoms with Gasteiger partial charge < -0.3 is 29.0 Å². The summed E-state index contributed by atoms with van der Waals surface area (Å²) in [5.74, 6) is -1.73. The standard InChI is InChI=1S/C28H40N2O8/c1-17-25(38-20-11-6-7-12-20)23(37-19-9-4-5-10-19)14-8-13-21(28(33)35-17)30-27(32)24-26(36-18(2)31)22(34-3)15-16-29-24/h15-17,19-21,23,25H,4-14H2,1-3H3,(H,30,32). The van der Waals surface area contributed by atoms with Crippen molar-refractivity contribution in [3.8, 4) is 11.5 Å². The van der Waals surface area contributed by atoms with E-state index < -0.39 is 30.0 Å². The second-order valence-electron chi connectivity index (χ2n) is 10.5. The van der Waals surface area contributed by atoms with Gasteiger partial charge in [0.15, 0.2) is 11.4 Å². The molecule has 0 spiro atoms. The number of carbonyl (C=O) groups excluding carboxylic acids is 3. The lowest BCUT2D eigenvalue weighted by Crippen LogP contribution is -2.47. The molecule has 1 saturated heterocycles. The number of hydrogen-bond acceptors (Lipinski definition) is 9. The van der Waals surface area contributed by atoms with Gasteiger partial charge in [0.05, 0.1) is 25.4 Å². The molecule has 1 N–H and O–H groups in total. The second kappa shape index (κ2) is 13.4. The van der Waals surface area contributed by atoms with Crippen LogP contribution in [0.15, 0.2) is 12.3 Å². The molecule has 2 aliphatic carbocycles. The van der Waals surface area contributed by atoms with E-state index in [0.29, 0.717) is 19.3 Å². The molecule has 4 unspecified atom stereocenters. The molecule has 3 fully saturated rings. The minimum Gasteiger partial charge on any atom is -0.493 e. The van der Waals surface area contributed by atoms with Gasteiger partial charge in [0.2, 0.25) is 5.75 Å². The largest absolute Gasteiger partial charge is 0.493 e. The van der Waals surface area contributed by atoms with Gasteiger partial charge in [0.25, 0.3) is 5.91 Å². The van der Waals surface area contributed by atoms with Crippen LogP contribution in [0.5, 0.6) is 11.5 Å². The van der Waals surface area contributed by atoms with Gasteiger partial charge in [-0.25, -0.2) is 9.78 Å². The average molecular weight is 533 g/mol. The fourth-order valence-corrected chi connectivity index (χ4v) is 5.66. The maximum Gasteiger partial charge on any atom is 0.329 e. The van der Waals surface area contributed by atoms with Crippen LogP contribution in [0.3, 0.4) is 0 Å². The number of ether oxygens (including phenoxy) is 5. The number of hydrogen-bond donors (Lipinski definition) is 1. The van der Waals surface area contributed by atoms with Crippen LogP contribution in [-0.4, -0.2) is 66.5 Å². The first kappa shape index (κ1) is 28.3. The lowest BCUT2D eigenvalue weighted by atomic mass is 10.0. The Balaban J connectivity index is 1.50. The Morgan fingerprint density at radius 1 is 0.974 bits per heavy atom. The lowest BCUT2D eigenvalue weighted by Gasteiger charge is -2.34. The van der Waals surface area contributed by atoms with Gasteiger partial charge in [0.1, 0.15) is 18.2 Å². The van der Waals surface area contributed by atoms with E-state index in [9.17, 15) is 14.4 Å². The molecule has 3 aliphatic rings. The predicted octanol–water partition coefficient (Wildman–Crippen LogP) is 3.89. The van der Waals surface area contributed by atoms with E-state index >= 15 is 0 Å². The van der Waals surface area contributed by atoms with Gasteiger partial charge in [-0.05, 0) is 51.9 Å². The maximum absolute atomic E-state index is 13.3. The zero-order valence-electron chi connectivity index (χ0n) is 22.6. The number of carbonyl (C=O) groups is 3. The number of methoxy groups -OCH3 is 1. The van der Waals surface area contributed by atoms with Gasteiger partial charge in [-0.3, -0.25) is 9.59 Å². The molecule has 1 aromatic heterocycles. The van der Waals surface area contributed by atoms with E-state index in [-0.39, 0.29) is 41.6 Å². The SMILES string of the molecule is COc1ccnc(C(=O)NC2CCCC(OC3CCCC3)C(OC3CCCC3)C(C)OC2=O)c1OC(C)=O. The lowest BCUT2D eigenvalue weighted by molar-refractivity contribution is -0.180.